The Hall–Kier alpha value is -2.43. The van der Waals surface area contributed by atoms with Crippen LogP contribution in [0.2, 0.25) is 0 Å². The van der Waals surface area contributed by atoms with Gasteiger partial charge in [-0.2, -0.15) is 0 Å². The van der Waals surface area contributed by atoms with Crippen molar-refractivity contribution in [1.82, 2.24) is 9.55 Å². The van der Waals surface area contributed by atoms with Crippen molar-refractivity contribution in [2.45, 2.75) is 20.8 Å². The summed E-state index contributed by atoms with van der Waals surface area (Å²) in [6.45, 7) is 4.43. The quantitative estimate of drug-likeness (QED) is 0.613. The summed E-state index contributed by atoms with van der Waals surface area (Å²) in [7, 11) is 0. The smallest absolute Gasteiger partial charge is 0.307 e. The summed E-state index contributed by atoms with van der Waals surface area (Å²) in [5.41, 5.74) is 1.46. The van der Waals surface area contributed by atoms with Crippen LogP contribution in [0.4, 0.5) is 0 Å². The van der Waals surface area contributed by atoms with Gasteiger partial charge in [-0.05, 0) is 19.1 Å². The Morgan fingerprint density at radius 3 is 2.53 bits per heavy atom. The van der Waals surface area contributed by atoms with Gasteiger partial charge in [-0.3, -0.25) is 14.2 Å². The second-order valence-electron chi connectivity index (χ2n) is 4.16. The van der Waals surface area contributed by atoms with Crippen LogP contribution in [-0.2, 0) is 9.53 Å². The first kappa shape index (κ1) is 13.0. The van der Waals surface area contributed by atoms with Gasteiger partial charge in [0.15, 0.2) is 0 Å². The van der Waals surface area contributed by atoms with E-state index in [1.807, 2.05) is 24.3 Å². The highest BCUT2D eigenvalue weighted by molar-refractivity contribution is 5.91. The zero-order valence-electron chi connectivity index (χ0n) is 11.0. The molecule has 0 N–H and O–H groups in total. The van der Waals surface area contributed by atoms with Gasteiger partial charge in [0, 0.05) is 19.9 Å². The van der Waals surface area contributed by atoms with Crippen LogP contribution in [0.15, 0.2) is 30.0 Å². The normalized spacial score (nSPS) is 11.6. The molecule has 98 valence electrons. The van der Waals surface area contributed by atoms with Gasteiger partial charge in [0.05, 0.1) is 11.0 Å². The number of esters is 1. The average molecular weight is 258 g/mol. The van der Waals surface area contributed by atoms with E-state index in [-0.39, 0.29) is 5.91 Å². The van der Waals surface area contributed by atoms with Crippen molar-refractivity contribution < 1.29 is 14.3 Å². The molecule has 19 heavy (non-hydrogen) atoms. The largest absolute Gasteiger partial charge is 0.431 e. The van der Waals surface area contributed by atoms with Crippen LogP contribution in [-0.4, -0.2) is 21.4 Å². The highest BCUT2D eigenvalue weighted by Gasteiger charge is 2.12. The zero-order valence-corrected chi connectivity index (χ0v) is 11.0. The maximum Gasteiger partial charge on any atom is 0.307 e. The standard InChI is InChI=1S/C14H14N2O3/c1-9(19-11(3)18)8-14-15-12-6-4-5-7-13(12)16(14)10(2)17/h4-8H,1-3H3/b9-8-. The fourth-order valence-corrected chi connectivity index (χ4v) is 1.91. The lowest BCUT2D eigenvalue weighted by Gasteiger charge is -2.03. The number of nitrogens with zero attached hydrogens (tertiary/aromatic N) is 2. The third-order valence-electron chi connectivity index (χ3n) is 2.54. The van der Waals surface area contributed by atoms with E-state index in [0.29, 0.717) is 11.6 Å². The van der Waals surface area contributed by atoms with E-state index in [1.165, 1.54) is 18.4 Å². The summed E-state index contributed by atoms with van der Waals surface area (Å²) < 4.78 is 6.43. The lowest BCUT2D eigenvalue weighted by Crippen LogP contribution is -2.08. The Bertz CT molecular complexity index is 683. The van der Waals surface area contributed by atoms with Crippen molar-refractivity contribution >= 4 is 29.0 Å². The van der Waals surface area contributed by atoms with Crippen molar-refractivity contribution in [3.05, 3.63) is 35.8 Å². The van der Waals surface area contributed by atoms with Crippen LogP contribution in [0.25, 0.3) is 17.1 Å². The number of benzene rings is 1. The molecule has 0 fully saturated rings. The van der Waals surface area contributed by atoms with Crippen molar-refractivity contribution in [1.29, 1.82) is 0 Å². The summed E-state index contributed by atoms with van der Waals surface area (Å²) in [4.78, 5) is 27.0. The Labute approximate surface area is 110 Å². The lowest BCUT2D eigenvalue weighted by atomic mass is 10.3. The number of rotatable bonds is 2. The van der Waals surface area contributed by atoms with Crippen LogP contribution in [0, 0.1) is 0 Å². The molecule has 0 radical (unpaired) electrons. The second kappa shape index (κ2) is 5.06. The molecule has 2 aromatic rings. The van der Waals surface area contributed by atoms with Crippen molar-refractivity contribution in [3.63, 3.8) is 0 Å². The number of carbonyl (C=O) groups excluding carboxylic acids is 2. The number of aromatic nitrogens is 2. The van der Waals surface area contributed by atoms with Gasteiger partial charge >= 0.3 is 5.97 Å². The Kier molecular flexibility index (Phi) is 3.46. The van der Waals surface area contributed by atoms with Crippen LogP contribution in [0.3, 0.4) is 0 Å². The average Bonchev–Trinajstić information content (AvgIpc) is 2.64. The molecule has 5 heteroatoms. The van der Waals surface area contributed by atoms with Crippen molar-refractivity contribution in [2.24, 2.45) is 0 Å². The molecule has 0 saturated heterocycles. The molecule has 0 amide bonds. The summed E-state index contributed by atoms with van der Waals surface area (Å²) in [6.07, 6.45) is 1.57. The van der Waals surface area contributed by atoms with Crippen molar-refractivity contribution in [2.75, 3.05) is 0 Å². The van der Waals surface area contributed by atoms with Gasteiger partial charge in [-0.1, -0.05) is 12.1 Å². The SMILES string of the molecule is CC(=O)O/C(C)=C\c1nc2ccccc2n1C(C)=O. The molecule has 0 aliphatic heterocycles. The molecule has 1 heterocycles. The first-order valence-electron chi connectivity index (χ1n) is 5.84. The number of fused-ring (bicyclic) bond motifs is 1. The maximum atomic E-state index is 11.7. The molecule has 0 aliphatic carbocycles. The molecule has 0 saturated carbocycles. The fraction of sp³-hybridized carbons (Fsp3) is 0.214. The molecule has 1 aromatic heterocycles. The molecule has 0 bridgehead atoms. The van der Waals surface area contributed by atoms with Crippen LogP contribution in [0.1, 0.15) is 31.4 Å². The van der Waals surface area contributed by atoms with E-state index in [4.69, 9.17) is 4.74 Å². The van der Waals surface area contributed by atoms with Crippen LogP contribution in [0.5, 0.6) is 0 Å². The first-order chi connectivity index (χ1) is 8.99. The first-order valence-corrected chi connectivity index (χ1v) is 5.84. The van der Waals surface area contributed by atoms with Gasteiger partial charge < -0.3 is 4.74 Å². The molecule has 0 atom stereocenters. The molecule has 0 spiro atoms. The highest BCUT2D eigenvalue weighted by atomic mass is 16.5. The van der Waals surface area contributed by atoms with E-state index in [2.05, 4.69) is 4.98 Å². The van der Waals surface area contributed by atoms with Gasteiger partial charge in [-0.25, -0.2) is 4.98 Å². The minimum absolute atomic E-state index is 0.143. The van der Waals surface area contributed by atoms with Gasteiger partial charge in [0.25, 0.3) is 0 Å². The van der Waals surface area contributed by atoms with Crippen LogP contribution >= 0.6 is 0 Å². The fourth-order valence-electron chi connectivity index (χ4n) is 1.91. The number of imidazole rings is 1. The molecular weight excluding hydrogens is 244 g/mol. The predicted octanol–water partition coefficient (Wildman–Crippen LogP) is 2.62. The number of carbonyl (C=O) groups is 2. The second-order valence-corrected chi connectivity index (χ2v) is 4.16. The van der Waals surface area contributed by atoms with E-state index in [0.717, 1.165) is 11.0 Å². The topological polar surface area (TPSA) is 61.2 Å². The van der Waals surface area contributed by atoms with Gasteiger partial charge in [-0.15, -0.1) is 0 Å². The Morgan fingerprint density at radius 1 is 1.21 bits per heavy atom. The molecular formula is C14H14N2O3. The Morgan fingerprint density at radius 2 is 1.89 bits per heavy atom. The molecule has 2 rings (SSSR count). The Balaban J connectivity index is 2.57. The predicted molar refractivity (Wildman–Crippen MR) is 71.5 cm³/mol. The highest BCUT2D eigenvalue weighted by Crippen LogP contribution is 2.18. The van der Waals surface area contributed by atoms with E-state index in [1.54, 1.807) is 13.0 Å². The molecule has 0 unspecified atom stereocenters. The number of allylic oxidation sites excluding steroid dienone is 1. The number of hydrogen-bond acceptors (Lipinski definition) is 4. The lowest BCUT2D eigenvalue weighted by molar-refractivity contribution is -0.136. The zero-order chi connectivity index (χ0) is 14.0. The third kappa shape index (κ3) is 2.70. The number of ether oxygens (including phenoxy) is 1. The molecule has 0 aliphatic rings. The maximum absolute atomic E-state index is 11.7. The van der Waals surface area contributed by atoms with E-state index >= 15 is 0 Å². The summed E-state index contributed by atoms with van der Waals surface area (Å²) in [6, 6.07) is 7.34. The van der Waals surface area contributed by atoms with E-state index < -0.39 is 5.97 Å². The van der Waals surface area contributed by atoms with Crippen molar-refractivity contribution in [3.8, 4) is 0 Å². The van der Waals surface area contributed by atoms with E-state index in [9.17, 15) is 9.59 Å². The molecule has 1 aromatic carbocycles. The summed E-state index contributed by atoms with van der Waals surface area (Å²) in [5.74, 6) is 0.299. The van der Waals surface area contributed by atoms with Gasteiger partial charge in [0.2, 0.25) is 5.91 Å². The summed E-state index contributed by atoms with van der Waals surface area (Å²) >= 11 is 0. The third-order valence-corrected chi connectivity index (χ3v) is 2.54. The number of hydrogen-bond donors (Lipinski definition) is 0. The number of para-hydroxylation sites is 2. The van der Waals surface area contributed by atoms with Gasteiger partial charge in [0.1, 0.15) is 11.6 Å². The monoisotopic (exact) mass is 258 g/mol. The molecule has 5 nitrogen and oxygen atoms in total. The minimum Gasteiger partial charge on any atom is -0.431 e. The van der Waals surface area contributed by atoms with Crippen LogP contribution < -0.4 is 0 Å². The summed E-state index contributed by atoms with van der Waals surface area (Å²) in [5, 5.41) is 0. The minimum atomic E-state index is -0.403.